The normalized spacial score (nSPS) is 12.4. The molecule has 3 N–H and O–H groups in total. The summed E-state index contributed by atoms with van der Waals surface area (Å²) < 4.78 is 0. The third-order valence-corrected chi connectivity index (χ3v) is 2.01. The lowest BCUT2D eigenvalue weighted by molar-refractivity contribution is -0.148. The summed E-state index contributed by atoms with van der Waals surface area (Å²) in [7, 11) is 0. The Bertz CT molecular complexity index is 274. The van der Waals surface area contributed by atoms with Crippen LogP contribution in [0, 0.1) is 0 Å². The Morgan fingerprint density at radius 2 is 1.62 bits per heavy atom. The van der Waals surface area contributed by atoms with E-state index >= 15 is 0 Å². The van der Waals surface area contributed by atoms with Crippen LogP contribution in [0.2, 0.25) is 0 Å². The van der Waals surface area contributed by atoms with E-state index in [9.17, 15) is 9.59 Å². The summed E-state index contributed by atoms with van der Waals surface area (Å²) in [6.45, 7) is 8.60. The number of aliphatic carboxylic acids is 1. The number of amides is 1. The van der Waals surface area contributed by atoms with Gasteiger partial charge < -0.3 is 15.7 Å². The fourth-order valence-corrected chi connectivity index (χ4v) is 1.32. The van der Waals surface area contributed by atoms with Crippen LogP contribution >= 0.6 is 0 Å². The minimum Gasteiger partial charge on any atom is -0.480 e. The minimum atomic E-state index is -1.02. The van der Waals surface area contributed by atoms with Crippen molar-refractivity contribution < 1.29 is 14.7 Å². The Balaban J connectivity index is 4.78. The Hall–Kier alpha value is -1.10. The van der Waals surface area contributed by atoms with Gasteiger partial charge in [-0.15, -0.1) is 0 Å². The first-order valence-electron chi connectivity index (χ1n) is 5.24. The van der Waals surface area contributed by atoms with Crippen molar-refractivity contribution in [3.8, 4) is 0 Å². The van der Waals surface area contributed by atoms with Crippen molar-refractivity contribution in [2.75, 3.05) is 6.54 Å². The van der Waals surface area contributed by atoms with Crippen LogP contribution in [0.25, 0.3) is 0 Å². The van der Waals surface area contributed by atoms with Crippen molar-refractivity contribution in [2.24, 2.45) is 5.73 Å². The lowest BCUT2D eigenvalue weighted by Crippen LogP contribution is -2.51. The summed E-state index contributed by atoms with van der Waals surface area (Å²) in [5.74, 6) is -1.25. The largest absolute Gasteiger partial charge is 0.480 e. The third-order valence-electron chi connectivity index (χ3n) is 2.01. The van der Waals surface area contributed by atoms with E-state index in [0.29, 0.717) is 0 Å². The molecule has 94 valence electrons. The average molecular weight is 230 g/mol. The molecule has 0 rings (SSSR count). The number of nitrogens with zero attached hydrogens (tertiary/aromatic N) is 1. The lowest BCUT2D eigenvalue weighted by atomic mass is 9.98. The predicted octanol–water partition coefficient (Wildman–Crippen LogP) is 0.825. The molecule has 0 bridgehead atoms. The van der Waals surface area contributed by atoms with Crippen LogP contribution in [0.5, 0.6) is 0 Å². The second kappa shape index (κ2) is 4.82. The van der Waals surface area contributed by atoms with E-state index in [4.69, 9.17) is 10.8 Å². The van der Waals surface area contributed by atoms with Crippen LogP contribution in [0.3, 0.4) is 0 Å². The maximum Gasteiger partial charge on any atom is 0.323 e. The van der Waals surface area contributed by atoms with Gasteiger partial charge >= 0.3 is 5.97 Å². The van der Waals surface area contributed by atoms with Crippen LogP contribution in [-0.4, -0.2) is 39.5 Å². The average Bonchev–Trinajstić information content (AvgIpc) is 1.93. The number of carboxylic acid groups (broad SMARTS) is 1. The van der Waals surface area contributed by atoms with E-state index in [-0.39, 0.29) is 18.9 Å². The van der Waals surface area contributed by atoms with Gasteiger partial charge in [-0.1, -0.05) is 0 Å². The van der Waals surface area contributed by atoms with Crippen molar-refractivity contribution in [1.29, 1.82) is 0 Å². The van der Waals surface area contributed by atoms with Crippen LogP contribution in [0.1, 0.15) is 41.0 Å². The number of nitrogens with two attached hydrogens (primary N) is 1. The second-order valence-electron chi connectivity index (χ2n) is 5.71. The highest BCUT2D eigenvalue weighted by Crippen LogP contribution is 2.17. The second-order valence-corrected chi connectivity index (χ2v) is 5.71. The van der Waals surface area contributed by atoms with Crippen molar-refractivity contribution in [3.05, 3.63) is 0 Å². The van der Waals surface area contributed by atoms with Crippen molar-refractivity contribution in [3.63, 3.8) is 0 Å². The molecular weight excluding hydrogens is 208 g/mol. The van der Waals surface area contributed by atoms with Gasteiger partial charge in [0.1, 0.15) is 6.54 Å². The summed E-state index contributed by atoms with van der Waals surface area (Å²) in [5.41, 5.74) is 4.61. The smallest absolute Gasteiger partial charge is 0.323 e. The van der Waals surface area contributed by atoms with Crippen molar-refractivity contribution in [2.45, 2.75) is 52.1 Å². The molecule has 0 aromatic heterocycles. The van der Waals surface area contributed by atoms with Gasteiger partial charge in [0.2, 0.25) is 5.91 Å². The van der Waals surface area contributed by atoms with Gasteiger partial charge in [0.05, 0.1) is 0 Å². The quantitative estimate of drug-likeness (QED) is 0.749. The van der Waals surface area contributed by atoms with E-state index < -0.39 is 17.0 Å². The Morgan fingerprint density at radius 3 is 1.88 bits per heavy atom. The van der Waals surface area contributed by atoms with Crippen molar-refractivity contribution in [1.82, 2.24) is 4.90 Å². The summed E-state index contributed by atoms with van der Waals surface area (Å²) in [4.78, 5) is 24.0. The van der Waals surface area contributed by atoms with Gasteiger partial charge in [-0.05, 0) is 34.6 Å². The molecule has 0 aliphatic carbocycles. The van der Waals surface area contributed by atoms with Gasteiger partial charge in [0.25, 0.3) is 0 Å². The van der Waals surface area contributed by atoms with Gasteiger partial charge in [-0.3, -0.25) is 9.59 Å². The molecule has 0 aromatic carbocycles. The van der Waals surface area contributed by atoms with Gasteiger partial charge in [-0.25, -0.2) is 0 Å². The molecule has 0 atom stereocenters. The van der Waals surface area contributed by atoms with Crippen molar-refractivity contribution >= 4 is 11.9 Å². The van der Waals surface area contributed by atoms with Crippen LogP contribution < -0.4 is 5.73 Å². The minimum absolute atomic E-state index is 0.136. The van der Waals surface area contributed by atoms with E-state index in [1.54, 1.807) is 34.6 Å². The molecule has 16 heavy (non-hydrogen) atoms. The standard InChI is InChI=1S/C11H22N2O3/c1-10(2,3)13(7-9(15)16)8(14)6-11(4,5)12/h6-7,12H2,1-5H3,(H,15,16). The van der Waals surface area contributed by atoms with Gasteiger partial charge in [0, 0.05) is 17.5 Å². The molecule has 1 amide bonds. The number of rotatable bonds is 4. The topological polar surface area (TPSA) is 83.6 Å². The Kier molecular flexibility index (Phi) is 4.49. The molecule has 0 aliphatic heterocycles. The fraction of sp³-hybridized carbons (Fsp3) is 0.818. The summed E-state index contributed by atoms with van der Waals surface area (Å²) in [6, 6.07) is 0. The molecule has 0 heterocycles. The molecule has 0 aromatic rings. The third kappa shape index (κ3) is 5.70. The molecular formula is C11H22N2O3. The number of carbonyl (C=O) groups is 2. The molecule has 0 spiro atoms. The zero-order valence-corrected chi connectivity index (χ0v) is 10.7. The number of hydrogen-bond acceptors (Lipinski definition) is 3. The number of carboxylic acids is 1. The SMILES string of the molecule is CC(C)(N)CC(=O)N(CC(=O)O)C(C)(C)C. The first-order valence-corrected chi connectivity index (χ1v) is 5.24. The van der Waals surface area contributed by atoms with Gasteiger partial charge in [0.15, 0.2) is 0 Å². The van der Waals surface area contributed by atoms with Crippen LogP contribution in [-0.2, 0) is 9.59 Å². The molecule has 5 nitrogen and oxygen atoms in total. The predicted molar refractivity (Wildman–Crippen MR) is 62.0 cm³/mol. The highest BCUT2D eigenvalue weighted by atomic mass is 16.4. The Labute approximate surface area is 96.6 Å². The lowest BCUT2D eigenvalue weighted by Gasteiger charge is -2.36. The summed E-state index contributed by atoms with van der Waals surface area (Å²) in [5, 5.41) is 8.77. The fourth-order valence-electron chi connectivity index (χ4n) is 1.32. The maximum atomic E-state index is 11.9. The number of carbonyl (C=O) groups excluding carboxylic acids is 1. The molecule has 0 aliphatic rings. The van der Waals surface area contributed by atoms with E-state index in [2.05, 4.69) is 0 Å². The van der Waals surface area contributed by atoms with Crippen LogP contribution in [0.4, 0.5) is 0 Å². The monoisotopic (exact) mass is 230 g/mol. The zero-order valence-electron chi connectivity index (χ0n) is 10.7. The maximum absolute atomic E-state index is 11.9. The van der Waals surface area contributed by atoms with E-state index in [0.717, 1.165) is 0 Å². The molecule has 0 unspecified atom stereocenters. The first kappa shape index (κ1) is 14.9. The number of hydrogen-bond donors (Lipinski definition) is 2. The highest BCUT2D eigenvalue weighted by Gasteiger charge is 2.30. The highest BCUT2D eigenvalue weighted by molar-refractivity contribution is 5.82. The zero-order chi connectivity index (χ0) is 13.1. The molecule has 0 saturated heterocycles. The Morgan fingerprint density at radius 1 is 1.19 bits per heavy atom. The van der Waals surface area contributed by atoms with Gasteiger partial charge in [-0.2, -0.15) is 0 Å². The molecule has 0 saturated carbocycles. The first-order chi connectivity index (χ1) is 6.93. The summed E-state index contributed by atoms with van der Waals surface area (Å²) in [6.07, 6.45) is 0.136. The molecule has 5 heteroatoms. The van der Waals surface area contributed by atoms with Crippen LogP contribution in [0.15, 0.2) is 0 Å². The van der Waals surface area contributed by atoms with E-state index in [1.807, 2.05) is 0 Å². The molecule has 0 fully saturated rings. The van der Waals surface area contributed by atoms with E-state index in [1.165, 1.54) is 4.90 Å². The summed E-state index contributed by atoms with van der Waals surface area (Å²) >= 11 is 0. The molecule has 0 radical (unpaired) electrons.